The lowest BCUT2D eigenvalue weighted by atomic mass is 9.49. The number of carbonyl (C=O) groups is 3. The van der Waals surface area contributed by atoms with E-state index in [0.29, 0.717) is 49.7 Å². The second kappa shape index (κ2) is 21.9. The van der Waals surface area contributed by atoms with Gasteiger partial charge in [0.05, 0.1) is 21.2 Å². The second-order valence-electron chi connectivity index (χ2n) is 21.8. The predicted molar refractivity (Wildman–Crippen MR) is 281 cm³/mol. The smallest absolute Gasteiger partial charge is 0.251 e. The third kappa shape index (κ3) is 11.3. The Bertz CT molecular complexity index is 2590. The van der Waals surface area contributed by atoms with Gasteiger partial charge in [-0.05, 0) is 104 Å². The number of nitrogens with zero attached hydrogens (tertiary/aromatic N) is 4. The molecule has 2 saturated carbocycles. The number of aliphatic hydroxyl groups is 1. The number of nitrogens with one attached hydrogen (secondary N) is 2. The highest BCUT2D eigenvalue weighted by atomic mass is 35.5. The molecule has 0 bridgehead atoms. The second-order valence-corrected chi connectivity index (χ2v) is 22.6. The van der Waals surface area contributed by atoms with Gasteiger partial charge in [0.25, 0.3) is 11.8 Å². The zero-order valence-electron chi connectivity index (χ0n) is 41.5. The number of carbonyl (C=O) groups excluding carboxylic acids is 3. The Balaban J connectivity index is 0.000000229. The fraction of sp³-hybridized carbons (Fsp3) is 0.491. The molecule has 4 aromatic rings. The molecular formula is C57H70Cl2N6O6. The number of anilines is 2. The summed E-state index contributed by atoms with van der Waals surface area (Å²) in [6, 6.07) is 29.6. The molecule has 0 radical (unpaired) electrons. The van der Waals surface area contributed by atoms with Crippen molar-refractivity contribution < 1.29 is 29.0 Å². The number of benzene rings is 4. The summed E-state index contributed by atoms with van der Waals surface area (Å²) in [5.41, 5.74) is 3.00. The van der Waals surface area contributed by atoms with Gasteiger partial charge in [0.2, 0.25) is 0 Å². The highest BCUT2D eigenvalue weighted by molar-refractivity contribution is 6.32. The van der Waals surface area contributed by atoms with Gasteiger partial charge in [-0.2, -0.15) is 10.5 Å². The largest absolute Gasteiger partial charge is 0.489 e. The molecule has 4 aliphatic rings. The van der Waals surface area contributed by atoms with Crippen molar-refractivity contribution in [2.24, 2.45) is 33.5 Å². The van der Waals surface area contributed by atoms with Crippen LogP contribution >= 0.6 is 23.2 Å². The number of ether oxygens (including phenoxy) is 2. The van der Waals surface area contributed by atoms with Crippen LogP contribution in [0, 0.1) is 56.2 Å². The fourth-order valence-corrected chi connectivity index (χ4v) is 12.4. The monoisotopic (exact) mass is 1000 g/mol. The van der Waals surface area contributed by atoms with E-state index >= 15 is 0 Å². The zero-order valence-corrected chi connectivity index (χ0v) is 43.0. The van der Waals surface area contributed by atoms with Crippen molar-refractivity contribution in [1.82, 2.24) is 10.6 Å². The van der Waals surface area contributed by atoms with E-state index in [-0.39, 0.29) is 77.7 Å². The molecule has 0 unspecified atom stereocenters. The third-order valence-electron chi connectivity index (χ3n) is 15.5. The van der Waals surface area contributed by atoms with Crippen LogP contribution in [0.1, 0.15) is 120 Å². The van der Waals surface area contributed by atoms with Gasteiger partial charge >= 0.3 is 0 Å². The van der Waals surface area contributed by atoms with Crippen LogP contribution in [0.3, 0.4) is 0 Å². The number of rotatable bonds is 12. The van der Waals surface area contributed by atoms with Crippen molar-refractivity contribution in [1.29, 1.82) is 10.5 Å². The predicted octanol–water partition coefficient (Wildman–Crippen LogP) is 10.9. The fourth-order valence-electron chi connectivity index (χ4n) is 11.9. The molecule has 0 aromatic heterocycles. The summed E-state index contributed by atoms with van der Waals surface area (Å²) < 4.78 is 12.6. The average Bonchev–Trinajstić information content (AvgIpc) is 3.35. The molecule has 8 rings (SSSR count). The lowest BCUT2D eigenvalue weighted by Gasteiger charge is -2.63. The molecule has 4 aromatic carbocycles. The number of aliphatic hydroxyl groups excluding tert-OH is 1. The molecule has 3 N–H and O–H groups in total. The number of amides is 2. The van der Waals surface area contributed by atoms with E-state index < -0.39 is 0 Å². The summed E-state index contributed by atoms with van der Waals surface area (Å²) in [7, 11) is 0. The van der Waals surface area contributed by atoms with E-state index in [2.05, 4.69) is 88.0 Å². The number of hydrogen-bond acceptors (Lipinski definition) is 10. The maximum Gasteiger partial charge on any atom is 0.251 e. The third-order valence-corrected chi connectivity index (χ3v) is 16.1. The van der Waals surface area contributed by atoms with Crippen LogP contribution < -0.4 is 29.9 Å². The molecular weight excluding hydrogens is 936 g/mol. The normalized spacial score (nSPS) is 22.8. The van der Waals surface area contributed by atoms with Gasteiger partial charge in [-0.3, -0.25) is 9.59 Å². The van der Waals surface area contributed by atoms with Gasteiger partial charge in [0, 0.05) is 107 Å². The van der Waals surface area contributed by atoms with E-state index in [9.17, 15) is 19.5 Å². The topological polar surface area (TPSA) is 168 Å². The summed E-state index contributed by atoms with van der Waals surface area (Å²) in [6.45, 7) is 20.5. The van der Waals surface area contributed by atoms with Crippen molar-refractivity contribution in [3.05, 3.63) is 117 Å². The first kappa shape index (κ1) is 54.5. The Morgan fingerprint density at radius 1 is 0.634 bits per heavy atom. The summed E-state index contributed by atoms with van der Waals surface area (Å²) in [4.78, 5) is 41.8. The first-order valence-corrected chi connectivity index (χ1v) is 25.0. The highest BCUT2D eigenvalue weighted by Gasteiger charge is 2.65. The Morgan fingerprint density at radius 2 is 0.986 bits per heavy atom. The summed E-state index contributed by atoms with van der Waals surface area (Å²) in [6.07, 6.45) is 4.48. The molecule has 71 heavy (non-hydrogen) atoms. The van der Waals surface area contributed by atoms with Gasteiger partial charge in [-0.15, -0.1) is 0 Å². The van der Waals surface area contributed by atoms with Crippen LogP contribution in [0.4, 0.5) is 11.4 Å². The summed E-state index contributed by atoms with van der Waals surface area (Å²) in [5.74, 6) is 1.57. The van der Waals surface area contributed by atoms with E-state index in [4.69, 9.17) is 43.2 Å². The minimum absolute atomic E-state index is 0. The number of nitriles is 2. The minimum atomic E-state index is -0.317. The van der Waals surface area contributed by atoms with Crippen LogP contribution in [0.5, 0.6) is 11.5 Å². The molecule has 2 heterocycles. The SMILES string of the molecule is C.CC1(C)C(NC(=O)c2ccc(N3CCC(C=O)CC3)cc2)C(C)(C)C1Oc1ccc(C#N)c(Cl)c1.CC1(C)C(NC(=O)c2ccc(N3CCC(CO)CC3)cc2)C(C)(C)C1Oc1ccc(C#N)c(Cl)c1. The van der Waals surface area contributed by atoms with Gasteiger partial charge in [-0.25, -0.2) is 0 Å². The number of halogens is 2. The van der Waals surface area contributed by atoms with E-state index in [1.807, 2.05) is 48.5 Å². The molecule has 2 aliphatic heterocycles. The van der Waals surface area contributed by atoms with Gasteiger partial charge < -0.3 is 39.8 Å². The van der Waals surface area contributed by atoms with Crippen LogP contribution in [0.25, 0.3) is 0 Å². The van der Waals surface area contributed by atoms with Gasteiger partial charge in [0.15, 0.2) is 0 Å². The van der Waals surface area contributed by atoms with E-state index in [1.54, 1.807) is 36.4 Å². The van der Waals surface area contributed by atoms with E-state index in [1.165, 1.54) is 0 Å². The first-order chi connectivity index (χ1) is 33.1. The Hall–Kier alpha value is -5.79. The maximum atomic E-state index is 13.1. The van der Waals surface area contributed by atoms with Crippen molar-refractivity contribution >= 4 is 52.7 Å². The molecule has 2 aliphatic carbocycles. The van der Waals surface area contributed by atoms with Crippen LogP contribution in [-0.2, 0) is 4.79 Å². The molecule has 0 atom stereocenters. The molecule has 378 valence electrons. The molecule has 0 spiro atoms. The Labute approximate surface area is 430 Å². The highest BCUT2D eigenvalue weighted by Crippen LogP contribution is 2.57. The zero-order chi connectivity index (χ0) is 50.8. The molecule has 12 nitrogen and oxygen atoms in total. The van der Waals surface area contributed by atoms with Crippen molar-refractivity contribution in [3.63, 3.8) is 0 Å². The number of aldehydes is 1. The molecule has 4 fully saturated rings. The quantitative estimate of drug-likeness (QED) is 0.116. The molecule has 2 saturated heterocycles. The standard InChI is InChI=1S/C28H34ClN3O3.C28H32ClN3O3.CH4/c2*1-27(2)25(28(3,4)26(27)35-22-10-7-20(16-30)23(29)15-22)31-24(34)19-5-8-21(9-6-19)32-13-11-18(17-33)12-14-32;/h5-10,15,18,25-26,33H,11-14,17H2,1-4H3,(H,31,34);5-10,15,17-18,25-26H,11-14H2,1-4H3,(H,31,34);1H4. The first-order valence-electron chi connectivity index (χ1n) is 24.3. The van der Waals surface area contributed by atoms with Crippen LogP contribution in [0.2, 0.25) is 10.0 Å². The Morgan fingerprint density at radius 3 is 1.30 bits per heavy atom. The van der Waals surface area contributed by atoms with Gasteiger partial charge in [-0.1, -0.05) is 86.0 Å². The van der Waals surface area contributed by atoms with Crippen molar-refractivity contribution in [2.75, 3.05) is 42.6 Å². The summed E-state index contributed by atoms with van der Waals surface area (Å²) in [5, 5.41) is 34.8. The van der Waals surface area contributed by atoms with Crippen molar-refractivity contribution in [2.45, 2.75) is 113 Å². The molecule has 2 amide bonds. The van der Waals surface area contributed by atoms with Crippen LogP contribution in [0.15, 0.2) is 84.9 Å². The van der Waals surface area contributed by atoms with E-state index in [0.717, 1.165) is 69.5 Å². The summed E-state index contributed by atoms with van der Waals surface area (Å²) >= 11 is 12.4. The number of piperidine rings is 2. The Kier molecular flexibility index (Phi) is 16.8. The molecule has 14 heteroatoms. The lowest BCUT2D eigenvalue weighted by Crippen LogP contribution is -2.74. The van der Waals surface area contributed by atoms with Gasteiger partial charge in [0.1, 0.15) is 42.1 Å². The van der Waals surface area contributed by atoms with Crippen molar-refractivity contribution in [3.8, 4) is 23.6 Å². The lowest BCUT2D eigenvalue weighted by molar-refractivity contribution is -0.164. The van der Waals surface area contributed by atoms with Crippen LogP contribution in [-0.4, -0.2) is 80.3 Å². The minimum Gasteiger partial charge on any atom is -0.489 e. The average molecular weight is 1010 g/mol. The number of hydrogen-bond donors (Lipinski definition) is 3. The maximum absolute atomic E-state index is 13.1.